The molecule has 3 N–H and O–H groups in total. The van der Waals surface area contributed by atoms with Crippen LogP contribution in [-0.2, 0) is 0 Å². The van der Waals surface area contributed by atoms with E-state index in [4.69, 9.17) is 4.42 Å². The predicted molar refractivity (Wildman–Crippen MR) is 75.8 cm³/mol. The van der Waals surface area contributed by atoms with Crippen molar-refractivity contribution in [2.45, 2.75) is 13.0 Å². The number of aliphatic hydroxyl groups excluding tert-OH is 1. The fraction of sp³-hybridized carbons (Fsp3) is 0.417. The maximum absolute atomic E-state index is 9.89. The molecule has 0 saturated heterocycles. The molecule has 0 saturated carbocycles. The average molecular weight is 316 g/mol. The second kappa shape index (κ2) is 7.23. The van der Waals surface area contributed by atoms with Crippen LogP contribution in [0.3, 0.4) is 0 Å². The third-order valence-electron chi connectivity index (χ3n) is 2.22. The van der Waals surface area contributed by atoms with Gasteiger partial charge in [0.2, 0.25) is 0 Å². The van der Waals surface area contributed by atoms with Gasteiger partial charge in [0, 0.05) is 18.1 Å². The highest BCUT2D eigenvalue weighted by Gasteiger charge is 2.11. The predicted octanol–water partition coefficient (Wildman–Crippen LogP) is 1.70. The normalized spacial score (nSPS) is 13.2. The van der Waals surface area contributed by atoms with Gasteiger partial charge in [-0.05, 0) is 19.1 Å². The number of halogens is 1. The summed E-state index contributed by atoms with van der Waals surface area (Å²) in [6.07, 6.45) is -0.704. The van der Waals surface area contributed by atoms with E-state index in [0.29, 0.717) is 24.8 Å². The number of hydrogen-bond donors (Lipinski definition) is 3. The Hall–Kier alpha value is -1.27. The number of hydrogen-bond acceptors (Lipinski definition) is 3. The highest BCUT2D eigenvalue weighted by atomic mass is 79.9. The zero-order valence-electron chi connectivity index (χ0n) is 10.5. The van der Waals surface area contributed by atoms with E-state index < -0.39 is 6.10 Å². The monoisotopic (exact) mass is 315 g/mol. The van der Waals surface area contributed by atoms with Crippen LogP contribution < -0.4 is 10.6 Å². The van der Waals surface area contributed by atoms with E-state index >= 15 is 0 Å². The van der Waals surface area contributed by atoms with E-state index in [2.05, 4.69) is 38.1 Å². The van der Waals surface area contributed by atoms with Gasteiger partial charge in [0.1, 0.15) is 17.6 Å². The van der Waals surface area contributed by atoms with Gasteiger partial charge in [0.25, 0.3) is 0 Å². The van der Waals surface area contributed by atoms with Crippen LogP contribution in [0.5, 0.6) is 0 Å². The van der Waals surface area contributed by atoms with Crippen LogP contribution in [0.1, 0.15) is 17.6 Å². The first-order valence-corrected chi connectivity index (χ1v) is 6.34. The van der Waals surface area contributed by atoms with Crippen molar-refractivity contribution >= 4 is 21.9 Å². The van der Waals surface area contributed by atoms with Crippen molar-refractivity contribution in [3.05, 3.63) is 34.7 Å². The molecule has 0 spiro atoms. The van der Waals surface area contributed by atoms with Crippen molar-refractivity contribution in [3.8, 4) is 0 Å². The van der Waals surface area contributed by atoms with Crippen LogP contribution in [0.4, 0.5) is 0 Å². The van der Waals surface area contributed by atoms with Gasteiger partial charge in [-0.15, -0.1) is 0 Å². The summed E-state index contributed by atoms with van der Waals surface area (Å²) in [6, 6.07) is 3.58. The minimum Gasteiger partial charge on any atom is -0.464 e. The van der Waals surface area contributed by atoms with Crippen molar-refractivity contribution in [1.29, 1.82) is 0 Å². The van der Waals surface area contributed by atoms with Gasteiger partial charge in [0.15, 0.2) is 5.96 Å². The number of furan rings is 1. The SMILES string of the molecule is C=C(Br)CNC(=NC)NCC(O)c1ccc(C)o1. The van der Waals surface area contributed by atoms with E-state index in [9.17, 15) is 5.11 Å². The molecule has 0 aliphatic rings. The molecule has 0 aliphatic carbocycles. The molecule has 0 radical (unpaired) electrons. The van der Waals surface area contributed by atoms with Crippen LogP contribution in [0.2, 0.25) is 0 Å². The summed E-state index contributed by atoms with van der Waals surface area (Å²) in [6.45, 7) is 6.44. The van der Waals surface area contributed by atoms with Crippen LogP contribution in [0.15, 0.2) is 32.6 Å². The number of aryl methyl sites for hydroxylation is 1. The van der Waals surface area contributed by atoms with Gasteiger partial charge in [-0.2, -0.15) is 0 Å². The van der Waals surface area contributed by atoms with Gasteiger partial charge in [0.05, 0.1) is 6.54 Å². The van der Waals surface area contributed by atoms with Gasteiger partial charge in [-0.25, -0.2) is 0 Å². The Morgan fingerprint density at radius 3 is 2.78 bits per heavy atom. The molecule has 18 heavy (non-hydrogen) atoms. The van der Waals surface area contributed by atoms with E-state index in [1.165, 1.54) is 0 Å². The average Bonchev–Trinajstić information content (AvgIpc) is 2.75. The van der Waals surface area contributed by atoms with Crippen molar-refractivity contribution in [1.82, 2.24) is 10.6 Å². The molecule has 1 unspecified atom stereocenters. The molecule has 5 nitrogen and oxygen atoms in total. The van der Waals surface area contributed by atoms with Gasteiger partial charge < -0.3 is 20.2 Å². The Morgan fingerprint density at radius 1 is 1.56 bits per heavy atom. The van der Waals surface area contributed by atoms with Gasteiger partial charge >= 0.3 is 0 Å². The molecule has 1 aromatic rings. The molecule has 0 fully saturated rings. The largest absolute Gasteiger partial charge is 0.464 e. The zero-order valence-corrected chi connectivity index (χ0v) is 12.1. The third kappa shape index (κ3) is 4.93. The van der Waals surface area contributed by atoms with E-state index in [0.717, 1.165) is 10.2 Å². The Morgan fingerprint density at radius 2 is 2.28 bits per heavy atom. The number of rotatable bonds is 5. The lowest BCUT2D eigenvalue weighted by Gasteiger charge is -2.13. The summed E-state index contributed by atoms with van der Waals surface area (Å²) in [5.41, 5.74) is 0. The molecule has 0 aliphatic heterocycles. The lowest BCUT2D eigenvalue weighted by molar-refractivity contribution is 0.151. The molecule has 1 atom stereocenters. The van der Waals surface area contributed by atoms with E-state index in [1.54, 1.807) is 13.1 Å². The van der Waals surface area contributed by atoms with Crippen LogP contribution in [-0.4, -0.2) is 31.2 Å². The Bertz CT molecular complexity index is 429. The highest BCUT2D eigenvalue weighted by molar-refractivity contribution is 9.11. The van der Waals surface area contributed by atoms with Crippen molar-refractivity contribution in [3.63, 3.8) is 0 Å². The smallest absolute Gasteiger partial charge is 0.191 e. The molecule has 1 rings (SSSR count). The summed E-state index contributed by atoms with van der Waals surface area (Å²) >= 11 is 3.25. The Labute approximate surface area is 115 Å². The molecular formula is C12H18BrN3O2. The molecular weight excluding hydrogens is 298 g/mol. The molecule has 1 heterocycles. The lowest BCUT2D eigenvalue weighted by atomic mass is 10.3. The fourth-order valence-electron chi connectivity index (χ4n) is 1.33. The fourth-order valence-corrected chi connectivity index (χ4v) is 1.47. The van der Waals surface area contributed by atoms with Crippen LogP contribution in [0.25, 0.3) is 0 Å². The molecule has 100 valence electrons. The van der Waals surface area contributed by atoms with Crippen molar-refractivity contribution in [2.75, 3.05) is 20.1 Å². The first-order chi connectivity index (χ1) is 8.52. The second-order valence-corrected chi connectivity index (χ2v) is 4.91. The summed E-state index contributed by atoms with van der Waals surface area (Å²) in [4.78, 5) is 4.02. The zero-order chi connectivity index (χ0) is 13.5. The van der Waals surface area contributed by atoms with Crippen molar-refractivity contribution < 1.29 is 9.52 Å². The summed E-state index contributed by atoms with van der Waals surface area (Å²) in [7, 11) is 1.66. The number of nitrogens with one attached hydrogen (secondary N) is 2. The molecule has 1 aromatic heterocycles. The number of guanidine groups is 1. The quantitative estimate of drug-likeness (QED) is 0.571. The van der Waals surface area contributed by atoms with Crippen molar-refractivity contribution in [2.24, 2.45) is 4.99 Å². The summed E-state index contributed by atoms with van der Waals surface area (Å²) in [5.74, 6) is 1.92. The Balaban J connectivity index is 2.41. The molecule has 0 bridgehead atoms. The summed E-state index contributed by atoms with van der Waals surface area (Å²) in [5, 5.41) is 15.9. The maximum Gasteiger partial charge on any atom is 0.191 e. The minimum absolute atomic E-state index is 0.321. The standard InChI is InChI=1S/C12H18BrN3O2/c1-8(13)6-15-12(14-3)16-7-10(17)11-5-4-9(2)18-11/h4-5,10,17H,1,6-7H2,2-3H3,(H2,14,15,16). The van der Waals surface area contributed by atoms with Gasteiger partial charge in [-0.3, -0.25) is 4.99 Å². The first kappa shape index (κ1) is 14.8. The van der Waals surface area contributed by atoms with Gasteiger partial charge in [-0.1, -0.05) is 22.5 Å². The van der Waals surface area contributed by atoms with Crippen LogP contribution in [0, 0.1) is 6.92 Å². The molecule has 6 heteroatoms. The topological polar surface area (TPSA) is 69.8 Å². The molecule has 0 aromatic carbocycles. The highest BCUT2D eigenvalue weighted by Crippen LogP contribution is 2.14. The lowest BCUT2D eigenvalue weighted by Crippen LogP contribution is -2.39. The minimum atomic E-state index is -0.704. The molecule has 0 amide bonds. The number of aliphatic hydroxyl groups is 1. The third-order valence-corrected chi connectivity index (χ3v) is 2.50. The summed E-state index contributed by atoms with van der Waals surface area (Å²) < 4.78 is 6.16. The maximum atomic E-state index is 9.89. The second-order valence-electron chi connectivity index (χ2n) is 3.79. The van der Waals surface area contributed by atoms with Crippen LogP contribution >= 0.6 is 15.9 Å². The number of nitrogens with zero attached hydrogens (tertiary/aromatic N) is 1. The van der Waals surface area contributed by atoms with E-state index in [-0.39, 0.29) is 0 Å². The van der Waals surface area contributed by atoms with E-state index in [1.807, 2.05) is 13.0 Å². The Kier molecular flexibility index (Phi) is 5.94. The number of aliphatic imine (C=N–C) groups is 1. The first-order valence-electron chi connectivity index (χ1n) is 5.55.